The van der Waals surface area contributed by atoms with Crippen LogP contribution in [0.5, 0.6) is 12.0 Å². The third-order valence-electron chi connectivity index (χ3n) is 1.77. The molecule has 1 amide bonds. The Kier molecular flexibility index (Phi) is 4.43. The second-order valence-electron chi connectivity index (χ2n) is 2.86. The third-order valence-corrected chi connectivity index (χ3v) is 1.77. The van der Waals surface area contributed by atoms with Gasteiger partial charge in [0, 0.05) is 6.42 Å². The van der Waals surface area contributed by atoms with Gasteiger partial charge < -0.3 is 14.8 Å². The van der Waals surface area contributed by atoms with E-state index >= 15 is 0 Å². The molecule has 7 heteroatoms. The molecule has 1 aromatic heterocycles. The van der Waals surface area contributed by atoms with E-state index in [1.807, 2.05) is 0 Å². The molecule has 0 bridgehead atoms. The number of methoxy groups -OCH3 is 2. The van der Waals surface area contributed by atoms with Crippen LogP contribution in [0.1, 0.15) is 19.2 Å². The van der Waals surface area contributed by atoms with E-state index < -0.39 is 0 Å². The molecule has 0 aliphatic rings. The molecule has 1 heterocycles. The molecule has 0 saturated heterocycles. The second kappa shape index (κ2) is 5.84. The van der Waals surface area contributed by atoms with E-state index in [1.165, 1.54) is 14.2 Å². The Bertz CT molecular complexity index is 348. The van der Waals surface area contributed by atoms with Crippen LogP contribution in [0.15, 0.2) is 0 Å². The Hall–Kier alpha value is -1.92. The molecular formula is C9H14N4O3. The van der Waals surface area contributed by atoms with Crippen molar-refractivity contribution in [2.45, 2.75) is 19.9 Å². The van der Waals surface area contributed by atoms with Crippen molar-refractivity contribution in [3.8, 4) is 12.0 Å². The summed E-state index contributed by atoms with van der Waals surface area (Å²) in [5.74, 6) is 0.323. The number of nitrogens with zero attached hydrogens (tertiary/aromatic N) is 3. The van der Waals surface area contributed by atoms with Crippen molar-refractivity contribution in [3.05, 3.63) is 5.82 Å². The first-order valence-corrected chi connectivity index (χ1v) is 4.79. The van der Waals surface area contributed by atoms with Crippen LogP contribution in [0.25, 0.3) is 0 Å². The molecule has 1 N–H and O–H groups in total. The number of hydrogen-bond donors (Lipinski definition) is 1. The molecule has 1 aromatic rings. The van der Waals surface area contributed by atoms with E-state index in [9.17, 15) is 4.79 Å². The van der Waals surface area contributed by atoms with E-state index in [2.05, 4.69) is 20.3 Å². The molecule has 1 rings (SSSR count). The number of hydrogen-bond acceptors (Lipinski definition) is 6. The lowest BCUT2D eigenvalue weighted by molar-refractivity contribution is -0.120. The zero-order valence-corrected chi connectivity index (χ0v) is 9.48. The number of amides is 1. The average Bonchev–Trinajstić information content (AvgIpc) is 2.35. The van der Waals surface area contributed by atoms with Gasteiger partial charge in [-0.2, -0.15) is 9.97 Å². The van der Waals surface area contributed by atoms with Crippen LogP contribution in [-0.2, 0) is 11.3 Å². The lowest BCUT2D eigenvalue weighted by Crippen LogP contribution is -2.23. The summed E-state index contributed by atoms with van der Waals surface area (Å²) in [6, 6.07) is 0.320. The topological polar surface area (TPSA) is 86.2 Å². The zero-order valence-electron chi connectivity index (χ0n) is 9.48. The third kappa shape index (κ3) is 3.34. The zero-order chi connectivity index (χ0) is 12.0. The minimum atomic E-state index is -0.0710. The highest BCUT2D eigenvalue weighted by Gasteiger charge is 2.07. The first-order valence-electron chi connectivity index (χ1n) is 4.79. The molecule has 0 fully saturated rings. The van der Waals surface area contributed by atoms with Gasteiger partial charge in [0.15, 0.2) is 5.82 Å². The van der Waals surface area contributed by atoms with Gasteiger partial charge in [-0.25, -0.2) is 0 Å². The summed E-state index contributed by atoms with van der Waals surface area (Å²) in [6.07, 6.45) is 0.416. The number of rotatable bonds is 5. The van der Waals surface area contributed by atoms with Crippen molar-refractivity contribution in [1.82, 2.24) is 20.3 Å². The number of carbonyl (C=O) groups excluding carboxylic acids is 1. The number of aromatic nitrogens is 3. The van der Waals surface area contributed by atoms with Gasteiger partial charge in [-0.15, -0.1) is 4.98 Å². The van der Waals surface area contributed by atoms with Gasteiger partial charge >= 0.3 is 12.0 Å². The lowest BCUT2D eigenvalue weighted by Gasteiger charge is -2.05. The molecule has 0 aliphatic heterocycles. The highest BCUT2D eigenvalue weighted by molar-refractivity contribution is 5.75. The van der Waals surface area contributed by atoms with Crippen molar-refractivity contribution >= 4 is 5.91 Å². The summed E-state index contributed by atoms with van der Waals surface area (Å²) in [6.45, 7) is 1.99. The highest BCUT2D eigenvalue weighted by atomic mass is 16.5. The predicted octanol–water partition coefficient (Wildman–Crippen LogP) is -0.0850. The number of carbonyl (C=O) groups is 1. The van der Waals surface area contributed by atoms with E-state index in [0.717, 1.165) is 0 Å². The van der Waals surface area contributed by atoms with Crippen molar-refractivity contribution < 1.29 is 14.3 Å². The summed E-state index contributed by atoms with van der Waals surface area (Å²) in [4.78, 5) is 22.8. The maximum atomic E-state index is 11.0. The Morgan fingerprint density at radius 1 is 1.19 bits per heavy atom. The normalized spacial score (nSPS) is 9.69. The molecule has 7 nitrogen and oxygen atoms in total. The fourth-order valence-corrected chi connectivity index (χ4v) is 0.942. The first kappa shape index (κ1) is 12.2. The summed E-state index contributed by atoms with van der Waals surface area (Å²) in [5.41, 5.74) is 0. The first-order chi connectivity index (χ1) is 7.69. The Balaban J connectivity index is 2.74. The van der Waals surface area contributed by atoms with Crippen LogP contribution in [0, 0.1) is 0 Å². The monoisotopic (exact) mass is 226 g/mol. The van der Waals surface area contributed by atoms with Crippen molar-refractivity contribution in [3.63, 3.8) is 0 Å². The predicted molar refractivity (Wildman–Crippen MR) is 55.1 cm³/mol. The van der Waals surface area contributed by atoms with Crippen molar-refractivity contribution in [1.29, 1.82) is 0 Å². The fourth-order valence-electron chi connectivity index (χ4n) is 0.942. The summed E-state index contributed by atoms with van der Waals surface area (Å²) in [5, 5.41) is 2.65. The van der Waals surface area contributed by atoms with Gasteiger partial charge in [0.2, 0.25) is 5.91 Å². The van der Waals surface area contributed by atoms with Gasteiger partial charge in [-0.05, 0) is 0 Å². The molecule has 0 saturated carbocycles. The molecule has 0 unspecified atom stereocenters. The van der Waals surface area contributed by atoms with Crippen LogP contribution in [0.4, 0.5) is 0 Å². The van der Waals surface area contributed by atoms with Crippen LogP contribution < -0.4 is 14.8 Å². The molecule has 0 aromatic carbocycles. The van der Waals surface area contributed by atoms with Crippen LogP contribution in [-0.4, -0.2) is 35.1 Å². The summed E-state index contributed by atoms with van der Waals surface area (Å²) in [7, 11) is 2.90. The Morgan fingerprint density at radius 3 is 2.19 bits per heavy atom. The molecular weight excluding hydrogens is 212 g/mol. The average molecular weight is 226 g/mol. The molecule has 0 spiro atoms. The lowest BCUT2D eigenvalue weighted by atomic mass is 10.4. The van der Waals surface area contributed by atoms with Gasteiger partial charge in [-0.1, -0.05) is 6.92 Å². The quantitative estimate of drug-likeness (QED) is 0.755. The standard InChI is InChI=1S/C9H14N4O3/c1-4-7(14)10-5-6-11-8(15-2)13-9(12-6)16-3/h4-5H2,1-3H3,(H,10,14). The van der Waals surface area contributed by atoms with E-state index in [-0.39, 0.29) is 24.5 Å². The molecule has 0 radical (unpaired) electrons. The number of ether oxygens (including phenoxy) is 2. The van der Waals surface area contributed by atoms with E-state index in [4.69, 9.17) is 9.47 Å². The van der Waals surface area contributed by atoms with Gasteiger partial charge in [-0.3, -0.25) is 4.79 Å². The largest absolute Gasteiger partial charge is 0.467 e. The van der Waals surface area contributed by atoms with Gasteiger partial charge in [0.1, 0.15) is 0 Å². The summed E-state index contributed by atoms with van der Waals surface area (Å²) >= 11 is 0. The van der Waals surface area contributed by atoms with Gasteiger partial charge in [0.05, 0.1) is 20.8 Å². The van der Waals surface area contributed by atoms with Crippen LogP contribution in [0.2, 0.25) is 0 Å². The van der Waals surface area contributed by atoms with Crippen molar-refractivity contribution in [2.75, 3.05) is 14.2 Å². The minimum Gasteiger partial charge on any atom is -0.467 e. The second-order valence-corrected chi connectivity index (χ2v) is 2.86. The smallest absolute Gasteiger partial charge is 0.322 e. The molecule has 0 aliphatic carbocycles. The van der Waals surface area contributed by atoms with Crippen LogP contribution in [0.3, 0.4) is 0 Å². The molecule has 0 atom stereocenters. The molecule has 16 heavy (non-hydrogen) atoms. The maximum absolute atomic E-state index is 11.0. The van der Waals surface area contributed by atoms with Crippen LogP contribution >= 0.6 is 0 Å². The molecule has 88 valence electrons. The Labute approximate surface area is 93.2 Å². The highest BCUT2D eigenvalue weighted by Crippen LogP contribution is 2.08. The number of nitrogens with one attached hydrogen (secondary N) is 1. The fraction of sp³-hybridized carbons (Fsp3) is 0.556. The maximum Gasteiger partial charge on any atom is 0.322 e. The van der Waals surface area contributed by atoms with E-state index in [0.29, 0.717) is 12.2 Å². The van der Waals surface area contributed by atoms with E-state index in [1.54, 1.807) is 6.92 Å². The van der Waals surface area contributed by atoms with Crippen molar-refractivity contribution in [2.24, 2.45) is 0 Å². The SMILES string of the molecule is CCC(=O)NCc1nc(OC)nc(OC)n1. The summed E-state index contributed by atoms with van der Waals surface area (Å²) < 4.78 is 9.75. The Morgan fingerprint density at radius 2 is 1.75 bits per heavy atom. The minimum absolute atomic E-state index is 0.0710. The van der Waals surface area contributed by atoms with Gasteiger partial charge in [0.25, 0.3) is 0 Å².